The Hall–Kier alpha value is -0.520. The summed E-state index contributed by atoms with van der Waals surface area (Å²) in [6.07, 6.45) is -2.60. The van der Waals surface area contributed by atoms with E-state index in [1.54, 1.807) is 0 Å². The van der Waals surface area contributed by atoms with Crippen LogP contribution in [-0.2, 0) is 0 Å². The minimum Gasteiger partial charge on any atom is -0.330 e. The Morgan fingerprint density at radius 2 is 2.00 bits per heavy atom. The third kappa shape index (κ3) is 2.50. The van der Waals surface area contributed by atoms with Crippen molar-refractivity contribution in [1.29, 1.82) is 0 Å². The van der Waals surface area contributed by atoms with Gasteiger partial charge >= 0.3 is 0 Å². The molecule has 0 spiro atoms. The molecule has 1 unspecified atom stereocenters. The van der Waals surface area contributed by atoms with E-state index in [-0.39, 0.29) is 22.4 Å². The summed E-state index contributed by atoms with van der Waals surface area (Å²) in [4.78, 5) is 0. The first-order chi connectivity index (χ1) is 6.56. The van der Waals surface area contributed by atoms with E-state index in [4.69, 9.17) is 28.9 Å². The molecule has 2 N–H and O–H groups in total. The second kappa shape index (κ2) is 4.82. The highest BCUT2D eigenvalue weighted by Gasteiger charge is 2.24. The van der Waals surface area contributed by atoms with Crippen LogP contribution in [0.3, 0.4) is 0 Å². The Bertz CT molecular complexity index is 322. The zero-order valence-electron chi connectivity index (χ0n) is 6.92. The van der Waals surface area contributed by atoms with Gasteiger partial charge in [-0.2, -0.15) is 0 Å². The summed E-state index contributed by atoms with van der Waals surface area (Å²) in [5.41, 5.74) is 5.32. The molecule has 0 aliphatic rings. The monoisotopic (exact) mass is 241 g/mol. The number of nitrogens with zero attached hydrogens (tertiary/aromatic N) is 2. The highest BCUT2D eigenvalue weighted by Crippen LogP contribution is 2.28. The average Bonchev–Trinajstić information content (AvgIpc) is 2.11. The first-order valence-corrected chi connectivity index (χ1v) is 4.48. The third-order valence-electron chi connectivity index (χ3n) is 1.70. The second-order valence-corrected chi connectivity index (χ2v) is 3.34. The molecule has 7 heteroatoms. The van der Waals surface area contributed by atoms with Gasteiger partial charge in [-0.25, -0.2) is 8.78 Å². The fraction of sp³-hybridized carbons (Fsp3) is 0.429. The molecule has 1 aromatic heterocycles. The number of alkyl halides is 2. The lowest BCUT2D eigenvalue weighted by atomic mass is 10.0. The van der Waals surface area contributed by atoms with E-state index in [0.717, 1.165) is 0 Å². The average molecular weight is 242 g/mol. The van der Waals surface area contributed by atoms with Crippen LogP contribution in [0.1, 0.15) is 11.5 Å². The van der Waals surface area contributed by atoms with E-state index in [0.29, 0.717) is 0 Å². The van der Waals surface area contributed by atoms with Crippen LogP contribution in [0, 0.1) is 0 Å². The van der Waals surface area contributed by atoms with Crippen LogP contribution < -0.4 is 5.73 Å². The largest absolute Gasteiger partial charge is 0.330 e. The summed E-state index contributed by atoms with van der Waals surface area (Å²) in [6, 6.07) is 1.25. The molecule has 1 heterocycles. The second-order valence-electron chi connectivity index (χ2n) is 2.59. The molecule has 0 radical (unpaired) electrons. The van der Waals surface area contributed by atoms with Crippen molar-refractivity contribution in [1.82, 2.24) is 10.2 Å². The van der Waals surface area contributed by atoms with Crippen LogP contribution >= 0.6 is 23.2 Å². The van der Waals surface area contributed by atoms with E-state index in [2.05, 4.69) is 10.2 Å². The van der Waals surface area contributed by atoms with E-state index in [9.17, 15) is 8.78 Å². The lowest BCUT2D eigenvalue weighted by molar-refractivity contribution is 0.117. The summed E-state index contributed by atoms with van der Waals surface area (Å²) >= 11 is 11.1. The molecule has 1 atom stereocenters. The van der Waals surface area contributed by atoms with Gasteiger partial charge in [0.25, 0.3) is 0 Å². The maximum absolute atomic E-state index is 12.5. The van der Waals surface area contributed by atoms with Gasteiger partial charge in [0, 0.05) is 12.1 Å². The molecule has 0 aliphatic carbocycles. The number of halogens is 4. The Morgan fingerprint density at radius 3 is 2.50 bits per heavy atom. The fourth-order valence-electron chi connectivity index (χ4n) is 0.992. The number of nitrogens with two attached hydrogens (primary N) is 1. The SMILES string of the molecule is NCC(c1cc(Cl)nnc1Cl)C(F)F. The first-order valence-electron chi connectivity index (χ1n) is 3.73. The van der Waals surface area contributed by atoms with Gasteiger partial charge in [0.05, 0.1) is 5.92 Å². The van der Waals surface area contributed by atoms with Crippen LogP contribution in [-0.4, -0.2) is 23.2 Å². The van der Waals surface area contributed by atoms with Gasteiger partial charge in [0.2, 0.25) is 6.43 Å². The molecular weight excluding hydrogens is 235 g/mol. The highest BCUT2D eigenvalue weighted by molar-refractivity contribution is 6.31. The summed E-state index contributed by atoms with van der Waals surface area (Å²) < 4.78 is 24.9. The lowest BCUT2D eigenvalue weighted by Gasteiger charge is -2.14. The van der Waals surface area contributed by atoms with Gasteiger partial charge in [-0.1, -0.05) is 23.2 Å². The minimum absolute atomic E-state index is 0.0171. The third-order valence-corrected chi connectivity index (χ3v) is 2.18. The topological polar surface area (TPSA) is 51.8 Å². The van der Waals surface area contributed by atoms with Gasteiger partial charge in [0.15, 0.2) is 10.3 Å². The highest BCUT2D eigenvalue weighted by atomic mass is 35.5. The molecule has 1 aromatic rings. The maximum Gasteiger partial charge on any atom is 0.246 e. The summed E-state index contributed by atoms with van der Waals surface area (Å²) in [7, 11) is 0. The van der Waals surface area contributed by atoms with Crippen LogP contribution in [0.25, 0.3) is 0 Å². The zero-order chi connectivity index (χ0) is 10.7. The molecule has 0 aromatic carbocycles. The van der Waals surface area contributed by atoms with Crippen molar-refractivity contribution in [3.8, 4) is 0 Å². The zero-order valence-corrected chi connectivity index (χ0v) is 8.43. The van der Waals surface area contributed by atoms with E-state index in [1.807, 2.05) is 0 Å². The van der Waals surface area contributed by atoms with E-state index in [1.165, 1.54) is 6.07 Å². The smallest absolute Gasteiger partial charge is 0.246 e. The summed E-state index contributed by atoms with van der Waals surface area (Å²) in [6.45, 7) is -0.223. The van der Waals surface area contributed by atoms with Crippen LogP contribution in [0.4, 0.5) is 8.78 Å². The molecule has 0 fully saturated rings. The molecule has 78 valence electrons. The molecule has 0 amide bonds. The number of rotatable bonds is 3. The number of hydrogen-bond donors (Lipinski definition) is 1. The predicted octanol–water partition coefficient (Wildman–Crippen LogP) is 2.09. The van der Waals surface area contributed by atoms with Gasteiger partial charge in [-0.15, -0.1) is 10.2 Å². The van der Waals surface area contributed by atoms with Crippen molar-refractivity contribution in [3.63, 3.8) is 0 Å². The fourth-order valence-corrected chi connectivity index (χ4v) is 1.38. The van der Waals surface area contributed by atoms with Crippen molar-refractivity contribution in [2.75, 3.05) is 6.54 Å². The van der Waals surface area contributed by atoms with E-state index >= 15 is 0 Å². The molecule has 0 bridgehead atoms. The Morgan fingerprint density at radius 1 is 1.36 bits per heavy atom. The van der Waals surface area contributed by atoms with E-state index < -0.39 is 12.3 Å². The molecule has 14 heavy (non-hydrogen) atoms. The van der Waals surface area contributed by atoms with Gasteiger partial charge in [-0.3, -0.25) is 0 Å². The van der Waals surface area contributed by atoms with Crippen LogP contribution in [0.15, 0.2) is 6.07 Å². The molecule has 0 saturated heterocycles. The summed E-state index contributed by atoms with van der Waals surface area (Å²) in [5.74, 6) is -1.16. The molecular formula is C7H7Cl2F2N3. The molecule has 3 nitrogen and oxygen atoms in total. The van der Waals surface area contributed by atoms with Crippen molar-refractivity contribution < 1.29 is 8.78 Å². The molecule has 0 aliphatic heterocycles. The Labute approximate surface area is 89.2 Å². The van der Waals surface area contributed by atoms with Crippen LogP contribution in [0.5, 0.6) is 0 Å². The predicted molar refractivity (Wildman–Crippen MR) is 49.9 cm³/mol. The lowest BCUT2D eigenvalue weighted by Crippen LogP contribution is -2.20. The van der Waals surface area contributed by atoms with Crippen LogP contribution in [0.2, 0.25) is 10.3 Å². The Kier molecular flexibility index (Phi) is 3.97. The van der Waals surface area contributed by atoms with Crippen molar-refractivity contribution in [2.24, 2.45) is 5.73 Å². The normalized spacial score (nSPS) is 13.3. The molecule has 0 saturated carbocycles. The van der Waals surface area contributed by atoms with Gasteiger partial charge < -0.3 is 5.73 Å². The minimum atomic E-state index is -2.60. The molecule has 1 rings (SSSR count). The number of aromatic nitrogens is 2. The van der Waals surface area contributed by atoms with Gasteiger partial charge in [-0.05, 0) is 6.07 Å². The standard InChI is InChI=1S/C7H7Cl2F2N3/c8-5-1-3(6(9)14-13-5)4(2-12)7(10)11/h1,4,7H,2,12H2. The van der Waals surface area contributed by atoms with Crippen molar-refractivity contribution >= 4 is 23.2 Å². The van der Waals surface area contributed by atoms with Crippen molar-refractivity contribution in [2.45, 2.75) is 12.3 Å². The first kappa shape index (κ1) is 11.6. The van der Waals surface area contributed by atoms with Crippen molar-refractivity contribution in [3.05, 3.63) is 21.9 Å². The summed E-state index contributed by atoms with van der Waals surface area (Å²) in [5, 5.41) is 6.76. The maximum atomic E-state index is 12.5. The quantitative estimate of drug-likeness (QED) is 0.882. The number of hydrogen-bond acceptors (Lipinski definition) is 3. The van der Waals surface area contributed by atoms with Gasteiger partial charge in [0.1, 0.15) is 0 Å². The Balaban J connectivity index is 3.08.